The summed E-state index contributed by atoms with van der Waals surface area (Å²) in [6.45, 7) is 1.01. The van der Waals surface area contributed by atoms with Crippen LogP contribution in [0, 0.1) is 0 Å². The highest BCUT2D eigenvalue weighted by Gasteiger charge is 2.28. The summed E-state index contributed by atoms with van der Waals surface area (Å²) in [7, 11) is 0. The third-order valence-corrected chi connectivity index (χ3v) is 3.24. The van der Waals surface area contributed by atoms with Gasteiger partial charge in [-0.15, -0.1) is 0 Å². The molecular weight excluding hydrogens is 353 g/mol. The lowest BCUT2D eigenvalue weighted by atomic mass is 10.3. The Balaban J connectivity index is 1.95. The summed E-state index contributed by atoms with van der Waals surface area (Å²) < 4.78 is 47.1. The highest BCUT2D eigenvalue weighted by molar-refractivity contribution is 6.28. The number of halogens is 4. The zero-order valence-corrected chi connectivity index (χ0v) is 13.4. The Morgan fingerprint density at radius 2 is 2.29 bits per heavy atom. The minimum absolute atomic E-state index is 0.114. The van der Waals surface area contributed by atoms with Crippen LogP contribution in [0.1, 0.15) is 13.3 Å². The van der Waals surface area contributed by atoms with Crippen LogP contribution in [0.4, 0.5) is 19.0 Å². The fourth-order valence-corrected chi connectivity index (χ4v) is 2.11. The second kappa shape index (κ2) is 7.84. The summed E-state index contributed by atoms with van der Waals surface area (Å²) in [6, 6.07) is 0.457. The number of carbonyl (C=O) groups excluding carboxylic acids is 1. The maximum Gasteiger partial charge on any atom is 0.405 e. The quantitative estimate of drug-likeness (QED) is 0.744. The van der Waals surface area contributed by atoms with Crippen molar-refractivity contribution in [1.82, 2.24) is 15.3 Å². The van der Waals surface area contributed by atoms with Crippen LogP contribution >= 0.6 is 11.6 Å². The molecule has 7 nitrogen and oxygen atoms in total. The molecule has 2 atom stereocenters. The molecule has 2 N–H and O–H groups in total. The smallest absolute Gasteiger partial charge is 0.405 e. The molecule has 0 aliphatic carbocycles. The molecule has 2 rings (SSSR count). The summed E-state index contributed by atoms with van der Waals surface area (Å²) >= 11 is 5.80. The molecule has 0 bridgehead atoms. The molecule has 1 aliphatic heterocycles. The van der Waals surface area contributed by atoms with Crippen molar-refractivity contribution >= 4 is 23.3 Å². The molecule has 1 aliphatic rings. The number of hydrogen-bond acceptors (Lipinski definition) is 6. The molecule has 24 heavy (non-hydrogen) atoms. The van der Waals surface area contributed by atoms with Gasteiger partial charge in [0, 0.05) is 12.5 Å². The van der Waals surface area contributed by atoms with Gasteiger partial charge >= 0.3 is 6.18 Å². The molecule has 0 saturated carbocycles. The van der Waals surface area contributed by atoms with Crippen molar-refractivity contribution in [2.45, 2.75) is 31.7 Å². The van der Waals surface area contributed by atoms with Crippen LogP contribution in [-0.4, -0.2) is 54.0 Å². The average Bonchev–Trinajstić information content (AvgIpc) is 2.96. The lowest BCUT2D eigenvalue weighted by molar-refractivity contribution is -0.138. The first-order chi connectivity index (χ1) is 11.2. The summed E-state index contributed by atoms with van der Waals surface area (Å²) in [5, 5.41) is 4.32. The summed E-state index contributed by atoms with van der Waals surface area (Å²) in [4.78, 5) is 19.4. The lowest BCUT2D eigenvalue weighted by Crippen LogP contribution is -2.42. The predicted octanol–water partition coefficient (Wildman–Crippen LogP) is 1.78. The van der Waals surface area contributed by atoms with Crippen molar-refractivity contribution in [3.63, 3.8) is 0 Å². The van der Waals surface area contributed by atoms with Gasteiger partial charge in [-0.3, -0.25) is 4.79 Å². The zero-order valence-electron chi connectivity index (χ0n) is 12.7. The number of nitrogens with zero attached hydrogens (tertiary/aromatic N) is 2. The summed E-state index contributed by atoms with van der Waals surface area (Å²) in [5.41, 5.74) is 0. The van der Waals surface area contributed by atoms with E-state index in [0.717, 1.165) is 0 Å². The minimum Gasteiger partial charge on any atom is -0.472 e. The maximum atomic E-state index is 12.1. The van der Waals surface area contributed by atoms with Crippen molar-refractivity contribution in [3.8, 4) is 5.88 Å². The number of alkyl halides is 3. The minimum atomic E-state index is -4.47. The molecule has 2 unspecified atom stereocenters. The van der Waals surface area contributed by atoms with Crippen LogP contribution in [0.3, 0.4) is 0 Å². The van der Waals surface area contributed by atoms with E-state index in [4.69, 9.17) is 21.1 Å². The van der Waals surface area contributed by atoms with Gasteiger partial charge < -0.3 is 20.1 Å². The summed E-state index contributed by atoms with van der Waals surface area (Å²) in [6.07, 6.45) is -3.92. The molecule has 1 aromatic heterocycles. The maximum absolute atomic E-state index is 12.1. The topological polar surface area (TPSA) is 85.4 Å². The van der Waals surface area contributed by atoms with Gasteiger partial charge in [-0.25, -0.2) is 4.98 Å². The second-order valence-corrected chi connectivity index (χ2v) is 5.50. The Morgan fingerprint density at radius 1 is 1.54 bits per heavy atom. The number of aromatic nitrogens is 2. The number of nitrogens with one attached hydrogen (secondary N) is 2. The van der Waals surface area contributed by atoms with E-state index in [9.17, 15) is 18.0 Å². The van der Waals surface area contributed by atoms with E-state index in [1.54, 1.807) is 5.32 Å². The van der Waals surface area contributed by atoms with E-state index in [-0.39, 0.29) is 23.1 Å². The van der Waals surface area contributed by atoms with Gasteiger partial charge in [0.25, 0.3) is 0 Å². The average molecular weight is 369 g/mol. The van der Waals surface area contributed by atoms with Gasteiger partial charge in [0.05, 0.1) is 13.2 Å². The van der Waals surface area contributed by atoms with Gasteiger partial charge in [-0.1, -0.05) is 0 Å². The van der Waals surface area contributed by atoms with Crippen LogP contribution in [0.15, 0.2) is 6.07 Å². The fourth-order valence-electron chi connectivity index (χ4n) is 1.94. The number of hydrogen-bond donors (Lipinski definition) is 2. The van der Waals surface area contributed by atoms with Crippen molar-refractivity contribution in [3.05, 3.63) is 11.3 Å². The standard InChI is InChI=1S/C13H16ClF3N4O3/c1-7(11(22)18-6-13(15,16)17)19-9-4-10(21-12(14)20-9)24-8-2-3-23-5-8/h4,7-8H,2-3,5-6H2,1H3,(H,18,22)(H,19,20,21). The lowest BCUT2D eigenvalue weighted by Gasteiger charge is -2.16. The fraction of sp³-hybridized carbons (Fsp3) is 0.615. The Morgan fingerprint density at radius 3 is 2.92 bits per heavy atom. The first-order valence-electron chi connectivity index (χ1n) is 7.13. The van der Waals surface area contributed by atoms with Gasteiger partial charge in [-0.2, -0.15) is 18.2 Å². The van der Waals surface area contributed by atoms with E-state index >= 15 is 0 Å². The molecule has 1 fully saturated rings. The second-order valence-electron chi connectivity index (χ2n) is 5.16. The Hall–Kier alpha value is -1.81. The molecular formula is C13H16ClF3N4O3. The van der Waals surface area contributed by atoms with Crippen molar-refractivity contribution < 1.29 is 27.4 Å². The molecule has 2 heterocycles. The van der Waals surface area contributed by atoms with Crippen LogP contribution in [0.25, 0.3) is 0 Å². The summed E-state index contributed by atoms with van der Waals surface area (Å²) in [5.74, 6) is -0.469. The van der Waals surface area contributed by atoms with Crippen LogP contribution < -0.4 is 15.4 Å². The number of amides is 1. The monoisotopic (exact) mass is 368 g/mol. The van der Waals surface area contributed by atoms with E-state index < -0.39 is 24.7 Å². The van der Waals surface area contributed by atoms with Gasteiger partial charge in [0.2, 0.25) is 17.1 Å². The number of ether oxygens (including phenoxy) is 2. The third-order valence-electron chi connectivity index (χ3n) is 3.07. The molecule has 0 radical (unpaired) electrons. The molecule has 1 saturated heterocycles. The predicted molar refractivity (Wildman–Crippen MR) is 79.0 cm³/mol. The molecule has 134 valence electrons. The number of anilines is 1. The van der Waals surface area contributed by atoms with E-state index in [1.807, 2.05) is 0 Å². The van der Waals surface area contributed by atoms with Gasteiger partial charge in [0.15, 0.2) is 0 Å². The number of carbonyl (C=O) groups is 1. The molecule has 0 aromatic carbocycles. The SMILES string of the molecule is CC(Nc1cc(OC2CCOC2)nc(Cl)n1)C(=O)NCC(F)(F)F. The van der Waals surface area contributed by atoms with Crippen molar-refractivity contribution in [2.24, 2.45) is 0 Å². The largest absolute Gasteiger partial charge is 0.472 e. The normalized spacial score (nSPS) is 19.0. The Kier molecular flexibility index (Phi) is 6.05. The molecule has 1 aromatic rings. The highest BCUT2D eigenvalue weighted by atomic mass is 35.5. The van der Waals surface area contributed by atoms with Gasteiger partial charge in [-0.05, 0) is 18.5 Å². The van der Waals surface area contributed by atoms with Crippen molar-refractivity contribution in [1.29, 1.82) is 0 Å². The molecule has 11 heteroatoms. The third kappa shape index (κ3) is 6.00. The van der Waals surface area contributed by atoms with Crippen molar-refractivity contribution in [2.75, 3.05) is 25.1 Å². The highest BCUT2D eigenvalue weighted by Crippen LogP contribution is 2.20. The van der Waals surface area contributed by atoms with E-state index in [1.165, 1.54) is 13.0 Å². The van der Waals surface area contributed by atoms with Crippen LogP contribution in [-0.2, 0) is 9.53 Å². The number of rotatable bonds is 6. The first-order valence-corrected chi connectivity index (χ1v) is 7.51. The Labute approximate surface area is 140 Å². The Bertz CT molecular complexity index is 582. The molecule has 0 spiro atoms. The van der Waals surface area contributed by atoms with E-state index in [0.29, 0.717) is 19.6 Å². The zero-order chi connectivity index (χ0) is 17.7. The van der Waals surface area contributed by atoms with Gasteiger partial charge in [0.1, 0.15) is 24.5 Å². The van der Waals surface area contributed by atoms with E-state index in [2.05, 4.69) is 15.3 Å². The van der Waals surface area contributed by atoms with Crippen LogP contribution in [0.2, 0.25) is 5.28 Å². The molecule has 1 amide bonds. The first kappa shape index (κ1) is 18.5. The van der Waals surface area contributed by atoms with Crippen LogP contribution in [0.5, 0.6) is 5.88 Å².